The molecule has 0 aromatic carbocycles. The van der Waals surface area contributed by atoms with Crippen molar-refractivity contribution in [3.8, 4) is 0 Å². The maximum atomic E-state index is 10.9. The molecule has 1 aliphatic rings. The van der Waals surface area contributed by atoms with Gasteiger partial charge in [0.25, 0.3) is 0 Å². The standard InChI is InChI=1S/C12H21NO3/c1-3-8(4-2)16-10-7-5-6-9(11(10)13)12(14)15/h8,10H,3-7,13H2,1-2H3,(H,14,15). The van der Waals surface area contributed by atoms with Crippen LogP contribution in [-0.4, -0.2) is 23.3 Å². The smallest absolute Gasteiger partial charge is 0.333 e. The van der Waals surface area contributed by atoms with E-state index in [1.165, 1.54) is 0 Å². The molecular weight excluding hydrogens is 206 g/mol. The first-order valence-corrected chi connectivity index (χ1v) is 5.97. The van der Waals surface area contributed by atoms with Crippen molar-refractivity contribution in [1.29, 1.82) is 0 Å². The number of ether oxygens (including phenoxy) is 1. The van der Waals surface area contributed by atoms with Gasteiger partial charge in [-0.3, -0.25) is 0 Å². The highest BCUT2D eigenvalue weighted by Crippen LogP contribution is 2.26. The molecular formula is C12H21NO3. The minimum atomic E-state index is -0.907. The van der Waals surface area contributed by atoms with Crippen molar-refractivity contribution in [2.24, 2.45) is 5.73 Å². The largest absolute Gasteiger partial charge is 0.478 e. The quantitative estimate of drug-likeness (QED) is 0.754. The molecule has 1 unspecified atom stereocenters. The average molecular weight is 227 g/mol. The Labute approximate surface area is 96.5 Å². The molecule has 4 heteroatoms. The summed E-state index contributed by atoms with van der Waals surface area (Å²) in [5.74, 6) is -0.907. The summed E-state index contributed by atoms with van der Waals surface area (Å²) < 4.78 is 5.84. The van der Waals surface area contributed by atoms with Crippen molar-refractivity contribution in [1.82, 2.24) is 0 Å². The Kier molecular flexibility index (Phi) is 4.80. The summed E-state index contributed by atoms with van der Waals surface area (Å²) >= 11 is 0. The Morgan fingerprint density at radius 1 is 1.56 bits per heavy atom. The molecule has 0 bridgehead atoms. The van der Waals surface area contributed by atoms with Gasteiger partial charge in [0.1, 0.15) is 0 Å². The van der Waals surface area contributed by atoms with Crippen LogP contribution in [0.2, 0.25) is 0 Å². The van der Waals surface area contributed by atoms with Crippen molar-refractivity contribution in [2.45, 2.75) is 58.2 Å². The average Bonchev–Trinajstić information content (AvgIpc) is 2.27. The Balaban J connectivity index is 2.73. The second-order valence-electron chi connectivity index (χ2n) is 4.19. The molecule has 0 saturated carbocycles. The normalized spacial score (nSPS) is 21.6. The first kappa shape index (κ1) is 13.0. The van der Waals surface area contributed by atoms with Gasteiger partial charge in [0.05, 0.1) is 17.8 Å². The molecule has 0 saturated heterocycles. The fourth-order valence-electron chi connectivity index (χ4n) is 2.04. The van der Waals surface area contributed by atoms with Crippen LogP contribution in [0.15, 0.2) is 11.3 Å². The molecule has 4 nitrogen and oxygen atoms in total. The number of aliphatic carboxylic acids is 1. The van der Waals surface area contributed by atoms with E-state index < -0.39 is 5.97 Å². The van der Waals surface area contributed by atoms with Gasteiger partial charge in [0, 0.05) is 5.70 Å². The van der Waals surface area contributed by atoms with Crippen LogP contribution in [0.25, 0.3) is 0 Å². The minimum absolute atomic E-state index is 0.177. The predicted octanol–water partition coefficient (Wildman–Crippen LogP) is 2.04. The molecule has 1 rings (SSSR count). The third kappa shape index (κ3) is 2.98. The minimum Gasteiger partial charge on any atom is -0.478 e. The van der Waals surface area contributed by atoms with E-state index >= 15 is 0 Å². The van der Waals surface area contributed by atoms with Gasteiger partial charge in [-0.25, -0.2) is 4.79 Å². The summed E-state index contributed by atoms with van der Waals surface area (Å²) in [6, 6.07) is 0. The lowest BCUT2D eigenvalue weighted by Gasteiger charge is -2.28. The first-order valence-electron chi connectivity index (χ1n) is 5.97. The molecule has 0 radical (unpaired) electrons. The van der Waals surface area contributed by atoms with Gasteiger partial charge < -0.3 is 15.6 Å². The molecule has 0 amide bonds. The van der Waals surface area contributed by atoms with Crippen molar-refractivity contribution in [3.05, 3.63) is 11.3 Å². The molecule has 1 atom stereocenters. The lowest BCUT2D eigenvalue weighted by Crippen LogP contribution is -2.32. The van der Waals surface area contributed by atoms with Gasteiger partial charge >= 0.3 is 5.97 Å². The second-order valence-corrected chi connectivity index (χ2v) is 4.19. The molecule has 0 aromatic heterocycles. The lowest BCUT2D eigenvalue weighted by atomic mass is 9.94. The summed E-state index contributed by atoms with van der Waals surface area (Å²) in [5.41, 5.74) is 6.61. The highest BCUT2D eigenvalue weighted by molar-refractivity contribution is 5.87. The van der Waals surface area contributed by atoms with E-state index in [1.807, 2.05) is 0 Å². The van der Waals surface area contributed by atoms with Gasteiger partial charge in [-0.15, -0.1) is 0 Å². The molecule has 1 aliphatic carbocycles. The zero-order valence-corrected chi connectivity index (χ0v) is 10.0. The summed E-state index contributed by atoms with van der Waals surface area (Å²) in [4.78, 5) is 10.9. The third-order valence-electron chi connectivity index (χ3n) is 3.11. The summed E-state index contributed by atoms with van der Waals surface area (Å²) in [7, 11) is 0. The van der Waals surface area contributed by atoms with Crippen molar-refractivity contribution >= 4 is 5.97 Å². The van der Waals surface area contributed by atoms with Crippen LogP contribution < -0.4 is 5.73 Å². The fourth-order valence-corrected chi connectivity index (χ4v) is 2.04. The van der Waals surface area contributed by atoms with Crippen LogP contribution in [0.1, 0.15) is 46.0 Å². The Bertz CT molecular complexity index is 282. The molecule has 3 N–H and O–H groups in total. The second kappa shape index (κ2) is 5.89. The van der Waals surface area contributed by atoms with Crippen LogP contribution in [0.3, 0.4) is 0 Å². The number of rotatable bonds is 5. The van der Waals surface area contributed by atoms with Gasteiger partial charge in [-0.05, 0) is 32.1 Å². The molecule has 16 heavy (non-hydrogen) atoms. The number of nitrogens with two attached hydrogens (primary N) is 1. The predicted molar refractivity (Wildman–Crippen MR) is 61.9 cm³/mol. The highest BCUT2D eigenvalue weighted by atomic mass is 16.5. The van der Waals surface area contributed by atoms with Gasteiger partial charge in [-0.2, -0.15) is 0 Å². The Morgan fingerprint density at radius 2 is 2.19 bits per heavy atom. The Morgan fingerprint density at radius 3 is 2.69 bits per heavy atom. The number of carbonyl (C=O) groups is 1. The highest BCUT2D eigenvalue weighted by Gasteiger charge is 2.26. The zero-order valence-electron chi connectivity index (χ0n) is 10.0. The van der Waals surface area contributed by atoms with E-state index in [1.54, 1.807) is 0 Å². The van der Waals surface area contributed by atoms with Gasteiger partial charge in [-0.1, -0.05) is 13.8 Å². The zero-order chi connectivity index (χ0) is 12.1. The van der Waals surface area contributed by atoms with E-state index in [9.17, 15) is 4.79 Å². The lowest BCUT2D eigenvalue weighted by molar-refractivity contribution is -0.133. The summed E-state index contributed by atoms with van der Waals surface area (Å²) in [6.45, 7) is 4.13. The van der Waals surface area contributed by atoms with E-state index in [0.29, 0.717) is 17.7 Å². The maximum absolute atomic E-state index is 10.9. The number of hydrogen-bond acceptors (Lipinski definition) is 3. The van der Waals surface area contributed by atoms with Crippen LogP contribution in [0, 0.1) is 0 Å². The molecule has 0 heterocycles. The number of carboxylic acids is 1. The third-order valence-corrected chi connectivity index (χ3v) is 3.11. The SMILES string of the molecule is CCC(CC)OC1CCCC(C(=O)O)=C1N. The van der Waals surface area contributed by atoms with Gasteiger partial charge in [0.2, 0.25) is 0 Å². The van der Waals surface area contributed by atoms with E-state index in [2.05, 4.69) is 13.8 Å². The van der Waals surface area contributed by atoms with E-state index in [0.717, 1.165) is 25.7 Å². The van der Waals surface area contributed by atoms with Crippen LogP contribution in [0.4, 0.5) is 0 Å². The monoisotopic (exact) mass is 227 g/mol. The van der Waals surface area contributed by atoms with Crippen LogP contribution in [-0.2, 0) is 9.53 Å². The summed E-state index contributed by atoms with van der Waals surface area (Å²) in [6.07, 6.45) is 4.07. The van der Waals surface area contributed by atoms with Crippen LogP contribution >= 0.6 is 0 Å². The number of hydrogen-bond donors (Lipinski definition) is 2. The summed E-state index contributed by atoms with van der Waals surface area (Å²) in [5, 5.41) is 8.98. The van der Waals surface area contributed by atoms with Crippen LogP contribution in [0.5, 0.6) is 0 Å². The molecule has 0 spiro atoms. The Hall–Kier alpha value is -1.03. The molecule has 0 fully saturated rings. The van der Waals surface area contributed by atoms with Crippen molar-refractivity contribution in [2.75, 3.05) is 0 Å². The molecule has 0 aromatic rings. The topological polar surface area (TPSA) is 72.5 Å². The van der Waals surface area contributed by atoms with Gasteiger partial charge in [0.15, 0.2) is 0 Å². The van der Waals surface area contributed by atoms with E-state index in [4.69, 9.17) is 15.6 Å². The fraction of sp³-hybridized carbons (Fsp3) is 0.750. The molecule has 0 aliphatic heterocycles. The molecule has 92 valence electrons. The van der Waals surface area contributed by atoms with Crippen molar-refractivity contribution in [3.63, 3.8) is 0 Å². The number of carboxylic acid groups (broad SMARTS) is 1. The first-order chi connectivity index (χ1) is 7.60. The maximum Gasteiger partial charge on any atom is 0.333 e. The van der Waals surface area contributed by atoms with Crippen molar-refractivity contribution < 1.29 is 14.6 Å². The van der Waals surface area contributed by atoms with E-state index in [-0.39, 0.29) is 12.2 Å².